The van der Waals surface area contributed by atoms with E-state index in [0.29, 0.717) is 12.0 Å². The van der Waals surface area contributed by atoms with Gasteiger partial charge in [-0.25, -0.2) is 0 Å². The fourth-order valence-electron chi connectivity index (χ4n) is 3.24. The van der Waals surface area contributed by atoms with Crippen molar-refractivity contribution >= 4 is 11.8 Å². The number of rotatable bonds is 8. The number of aliphatic hydroxyl groups is 1. The van der Waals surface area contributed by atoms with Crippen molar-refractivity contribution in [2.75, 3.05) is 13.6 Å². The zero-order chi connectivity index (χ0) is 21.3. The molecule has 2 amide bonds. The van der Waals surface area contributed by atoms with Gasteiger partial charge < -0.3 is 15.3 Å². The largest absolute Gasteiger partial charge is 0.389 e. The summed E-state index contributed by atoms with van der Waals surface area (Å²) in [6, 6.07) is 23.1. The first-order valence-electron chi connectivity index (χ1n) is 9.79. The van der Waals surface area contributed by atoms with Gasteiger partial charge in [-0.3, -0.25) is 14.6 Å². The second kappa shape index (κ2) is 10.3. The van der Waals surface area contributed by atoms with Crippen LogP contribution in [0.5, 0.6) is 0 Å². The quantitative estimate of drug-likeness (QED) is 0.606. The molecule has 0 unspecified atom stereocenters. The minimum Gasteiger partial charge on any atom is -0.389 e. The first-order valence-corrected chi connectivity index (χ1v) is 9.79. The average molecular weight is 403 g/mol. The van der Waals surface area contributed by atoms with Gasteiger partial charge in [0.1, 0.15) is 5.69 Å². The second-order valence-corrected chi connectivity index (χ2v) is 7.03. The van der Waals surface area contributed by atoms with Crippen LogP contribution in [0.3, 0.4) is 0 Å². The molecule has 2 aromatic carbocycles. The van der Waals surface area contributed by atoms with Crippen LogP contribution in [0.2, 0.25) is 0 Å². The molecule has 0 saturated heterocycles. The lowest BCUT2D eigenvalue weighted by molar-refractivity contribution is 0.0436. The summed E-state index contributed by atoms with van der Waals surface area (Å²) in [5, 5.41) is 13.6. The van der Waals surface area contributed by atoms with Crippen molar-refractivity contribution in [1.29, 1.82) is 0 Å². The van der Waals surface area contributed by atoms with Gasteiger partial charge in [0, 0.05) is 25.4 Å². The van der Waals surface area contributed by atoms with Gasteiger partial charge in [0.25, 0.3) is 11.8 Å². The van der Waals surface area contributed by atoms with Gasteiger partial charge in [-0.1, -0.05) is 54.6 Å². The third-order valence-corrected chi connectivity index (χ3v) is 4.94. The number of hydrogen-bond donors (Lipinski definition) is 2. The molecule has 3 rings (SSSR count). The van der Waals surface area contributed by atoms with Crippen molar-refractivity contribution in [3.63, 3.8) is 0 Å². The molecule has 0 spiro atoms. The topological polar surface area (TPSA) is 82.5 Å². The van der Waals surface area contributed by atoms with Crippen molar-refractivity contribution < 1.29 is 14.7 Å². The van der Waals surface area contributed by atoms with Crippen LogP contribution >= 0.6 is 0 Å². The number of nitrogens with one attached hydrogen (secondary N) is 1. The van der Waals surface area contributed by atoms with E-state index in [1.807, 2.05) is 36.4 Å². The Kier molecular flexibility index (Phi) is 7.29. The maximum Gasteiger partial charge on any atom is 0.269 e. The van der Waals surface area contributed by atoms with Gasteiger partial charge >= 0.3 is 0 Å². The van der Waals surface area contributed by atoms with Crippen molar-refractivity contribution in [3.05, 3.63) is 102 Å². The molecular weight excluding hydrogens is 378 g/mol. The molecule has 6 heteroatoms. The molecule has 30 heavy (non-hydrogen) atoms. The van der Waals surface area contributed by atoms with E-state index in [1.54, 1.807) is 54.4 Å². The molecule has 6 nitrogen and oxygen atoms in total. The Morgan fingerprint density at radius 2 is 1.60 bits per heavy atom. The van der Waals surface area contributed by atoms with Crippen LogP contribution in [0.25, 0.3) is 0 Å². The molecule has 3 aromatic rings. The van der Waals surface area contributed by atoms with Crippen molar-refractivity contribution in [3.8, 4) is 0 Å². The number of aliphatic hydroxyl groups excluding tert-OH is 1. The normalized spacial score (nSPS) is 12.6. The molecule has 0 saturated carbocycles. The lowest BCUT2D eigenvalue weighted by Gasteiger charge is -2.32. The van der Waals surface area contributed by atoms with Crippen LogP contribution in [0.1, 0.15) is 26.4 Å². The van der Waals surface area contributed by atoms with Crippen molar-refractivity contribution in [1.82, 2.24) is 15.2 Å². The summed E-state index contributed by atoms with van der Waals surface area (Å²) >= 11 is 0. The van der Waals surface area contributed by atoms with E-state index in [0.717, 1.165) is 5.56 Å². The second-order valence-electron chi connectivity index (χ2n) is 7.03. The van der Waals surface area contributed by atoms with Crippen molar-refractivity contribution in [2.24, 2.45) is 0 Å². The maximum absolute atomic E-state index is 13.0. The van der Waals surface area contributed by atoms with Crippen LogP contribution in [0.15, 0.2) is 85.1 Å². The molecule has 154 valence electrons. The molecule has 1 heterocycles. The van der Waals surface area contributed by atoms with Gasteiger partial charge in [0.15, 0.2) is 0 Å². The lowest BCUT2D eigenvalue weighted by atomic mass is 9.99. The Balaban J connectivity index is 1.74. The summed E-state index contributed by atoms with van der Waals surface area (Å²) < 4.78 is 0. The molecular formula is C24H25N3O3. The number of pyridine rings is 1. The molecule has 2 atom stereocenters. The van der Waals surface area contributed by atoms with Gasteiger partial charge in [0.2, 0.25) is 0 Å². The van der Waals surface area contributed by atoms with Crippen molar-refractivity contribution in [2.45, 2.75) is 18.6 Å². The fraction of sp³-hybridized carbons (Fsp3) is 0.208. The van der Waals surface area contributed by atoms with Crippen LogP contribution in [0.4, 0.5) is 0 Å². The van der Waals surface area contributed by atoms with Gasteiger partial charge in [-0.2, -0.15) is 0 Å². The summed E-state index contributed by atoms with van der Waals surface area (Å²) in [4.78, 5) is 30.8. The average Bonchev–Trinajstić information content (AvgIpc) is 2.81. The third-order valence-electron chi connectivity index (χ3n) is 4.94. The minimum absolute atomic E-state index is 0.000677. The number of carbonyl (C=O) groups excluding carboxylic acids is 2. The predicted molar refractivity (Wildman–Crippen MR) is 115 cm³/mol. The number of benzene rings is 2. The van der Waals surface area contributed by atoms with E-state index >= 15 is 0 Å². The Morgan fingerprint density at radius 3 is 2.23 bits per heavy atom. The Hall–Kier alpha value is -3.51. The van der Waals surface area contributed by atoms with E-state index < -0.39 is 12.1 Å². The summed E-state index contributed by atoms with van der Waals surface area (Å²) in [7, 11) is 1.67. The number of aromatic nitrogens is 1. The summed E-state index contributed by atoms with van der Waals surface area (Å²) in [5.41, 5.74) is 1.81. The van der Waals surface area contributed by atoms with E-state index in [-0.39, 0.29) is 24.1 Å². The zero-order valence-corrected chi connectivity index (χ0v) is 16.8. The monoisotopic (exact) mass is 403 g/mol. The van der Waals surface area contributed by atoms with Gasteiger partial charge in [0.05, 0.1) is 12.1 Å². The first-order chi connectivity index (χ1) is 14.6. The highest BCUT2D eigenvalue weighted by Crippen LogP contribution is 2.15. The standard InChI is InChI=1S/C24H25N3O3/c1-27(24(30)19-12-6-3-7-13-19)21(16-18-10-4-2-5-11-18)22(28)17-26-23(29)20-14-8-9-15-25-20/h2-15,21-22,28H,16-17H2,1H3,(H,26,29)/t21-,22+/m0/s1. The van der Waals surface area contributed by atoms with Crippen LogP contribution < -0.4 is 5.32 Å². The molecule has 0 radical (unpaired) electrons. The highest BCUT2D eigenvalue weighted by Gasteiger charge is 2.28. The summed E-state index contributed by atoms with van der Waals surface area (Å²) in [6.45, 7) is -0.000677. The first kappa shape index (κ1) is 21.2. The molecule has 0 aliphatic heterocycles. The van der Waals surface area contributed by atoms with E-state index in [4.69, 9.17) is 0 Å². The smallest absolute Gasteiger partial charge is 0.269 e. The fourth-order valence-corrected chi connectivity index (χ4v) is 3.24. The lowest BCUT2D eigenvalue weighted by Crippen LogP contribution is -2.50. The summed E-state index contributed by atoms with van der Waals surface area (Å²) in [5.74, 6) is -0.559. The molecule has 0 aliphatic rings. The Labute approximate surface area is 176 Å². The predicted octanol–water partition coefficient (Wildman–Crippen LogP) is 2.56. The molecule has 0 fully saturated rings. The van der Waals surface area contributed by atoms with Crippen LogP contribution in [0, 0.1) is 0 Å². The number of likely N-dealkylation sites (N-methyl/N-ethyl adjacent to an activating group) is 1. The maximum atomic E-state index is 13.0. The number of amides is 2. The van der Waals surface area contributed by atoms with E-state index in [1.165, 1.54) is 6.20 Å². The number of hydrogen-bond acceptors (Lipinski definition) is 4. The molecule has 1 aromatic heterocycles. The van der Waals surface area contributed by atoms with Crippen LogP contribution in [-0.2, 0) is 6.42 Å². The molecule has 0 bridgehead atoms. The van der Waals surface area contributed by atoms with Gasteiger partial charge in [-0.05, 0) is 36.2 Å². The minimum atomic E-state index is -0.962. The van der Waals surface area contributed by atoms with Crippen LogP contribution in [-0.4, -0.2) is 52.5 Å². The highest BCUT2D eigenvalue weighted by atomic mass is 16.3. The zero-order valence-electron chi connectivity index (χ0n) is 16.8. The molecule has 2 N–H and O–H groups in total. The number of carbonyl (C=O) groups is 2. The summed E-state index contributed by atoms with van der Waals surface area (Å²) in [6.07, 6.45) is 1.03. The molecule has 0 aliphatic carbocycles. The Morgan fingerprint density at radius 1 is 0.967 bits per heavy atom. The highest BCUT2D eigenvalue weighted by molar-refractivity contribution is 5.94. The third kappa shape index (κ3) is 5.52. The Bertz CT molecular complexity index is 949. The number of nitrogens with zero attached hydrogens (tertiary/aromatic N) is 2. The van der Waals surface area contributed by atoms with E-state index in [2.05, 4.69) is 10.3 Å². The SMILES string of the molecule is CN(C(=O)c1ccccc1)[C@@H](Cc1ccccc1)[C@H](O)CNC(=O)c1ccccn1. The van der Waals surface area contributed by atoms with Gasteiger partial charge in [-0.15, -0.1) is 0 Å². The van der Waals surface area contributed by atoms with E-state index in [9.17, 15) is 14.7 Å².